The fourth-order valence-corrected chi connectivity index (χ4v) is 4.32. The van der Waals surface area contributed by atoms with Gasteiger partial charge in [-0.1, -0.05) is 12.8 Å². The summed E-state index contributed by atoms with van der Waals surface area (Å²) >= 11 is 0. The fourth-order valence-electron chi connectivity index (χ4n) is 4.32. The first kappa shape index (κ1) is 11.7. The molecule has 0 amide bonds. The van der Waals surface area contributed by atoms with Gasteiger partial charge in [0.15, 0.2) is 0 Å². The Bertz CT molecular complexity index is 287. The van der Waals surface area contributed by atoms with Crippen molar-refractivity contribution >= 4 is 5.78 Å². The summed E-state index contributed by atoms with van der Waals surface area (Å²) in [5, 5.41) is 0. The summed E-state index contributed by atoms with van der Waals surface area (Å²) in [5.74, 6) is 1.88. The number of rotatable bonds is 2. The molecular weight excluding hydrogens is 210 g/mol. The van der Waals surface area contributed by atoms with Gasteiger partial charge in [0.25, 0.3) is 0 Å². The van der Waals surface area contributed by atoms with Crippen LogP contribution in [-0.2, 0) is 4.79 Å². The van der Waals surface area contributed by atoms with Gasteiger partial charge in [-0.3, -0.25) is 9.69 Å². The number of carbonyl (C=O) groups is 1. The molecule has 1 saturated heterocycles. The lowest BCUT2D eigenvalue weighted by atomic mass is 9.78. The lowest BCUT2D eigenvalue weighted by Crippen LogP contribution is -2.48. The topological polar surface area (TPSA) is 20.3 Å². The van der Waals surface area contributed by atoms with Crippen molar-refractivity contribution in [3.63, 3.8) is 0 Å². The molecule has 0 bridgehead atoms. The molecule has 2 saturated carbocycles. The minimum atomic E-state index is 0.385. The Morgan fingerprint density at radius 1 is 1.00 bits per heavy atom. The SMILES string of the molecule is O=C1CCCC1CN1CCC[C@H]2CCCC[C@H]21. The second kappa shape index (κ2) is 5.09. The quantitative estimate of drug-likeness (QED) is 0.733. The summed E-state index contributed by atoms with van der Waals surface area (Å²) in [7, 11) is 0. The van der Waals surface area contributed by atoms with Gasteiger partial charge in [-0.05, 0) is 51.0 Å². The van der Waals surface area contributed by atoms with Gasteiger partial charge in [0.1, 0.15) is 5.78 Å². The molecule has 1 heterocycles. The van der Waals surface area contributed by atoms with Gasteiger partial charge in [0, 0.05) is 24.9 Å². The largest absolute Gasteiger partial charge is 0.299 e. The zero-order valence-electron chi connectivity index (χ0n) is 10.9. The third kappa shape index (κ3) is 2.42. The van der Waals surface area contributed by atoms with Crippen LogP contribution in [0.3, 0.4) is 0 Å². The van der Waals surface area contributed by atoms with Crippen molar-refractivity contribution < 1.29 is 4.79 Å². The Morgan fingerprint density at radius 3 is 2.65 bits per heavy atom. The van der Waals surface area contributed by atoms with Gasteiger partial charge in [0.2, 0.25) is 0 Å². The van der Waals surface area contributed by atoms with Crippen LogP contribution in [0.1, 0.15) is 57.8 Å². The number of carbonyl (C=O) groups excluding carboxylic acids is 1. The third-order valence-corrected chi connectivity index (χ3v) is 5.24. The highest BCUT2D eigenvalue weighted by Crippen LogP contribution is 2.36. The van der Waals surface area contributed by atoms with Crippen LogP contribution >= 0.6 is 0 Å². The minimum absolute atomic E-state index is 0.385. The molecule has 0 N–H and O–H groups in total. The van der Waals surface area contributed by atoms with E-state index in [9.17, 15) is 4.79 Å². The summed E-state index contributed by atoms with van der Waals surface area (Å²) < 4.78 is 0. The van der Waals surface area contributed by atoms with Crippen LogP contribution in [0.5, 0.6) is 0 Å². The molecule has 0 aromatic heterocycles. The molecule has 2 aliphatic carbocycles. The number of Topliss-reactive ketones (excluding diaryl/α,β-unsaturated/α-hetero) is 1. The van der Waals surface area contributed by atoms with E-state index in [1.807, 2.05) is 0 Å². The lowest BCUT2D eigenvalue weighted by Gasteiger charge is -2.45. The Balaban J connectivity index is 1.62. The molecule has 0 aromatic rings. The molecule has 2 nitrogen and oxygen atoms in total. The highest BCUT2D eigenvalue weighted by atomic mass is 16.1. The Labute approximate surface area is 105 Å². The Hall–Kier alpha value is -0.370. The number of piperidine rings is 1. The smallest absolute Gasteiger partial charge is 0.137 e. The van der Waals surface area contributed by atoms with Crippen LogP contribution in [0.25, 0.3) is 0 Å². The summed E-state index contributed by atoms with van der Waals surface area (Å²) in [6, 6.07) is 0.825. The number of ketones is 1. The molecule has 3 fully saturated rings. The first-order chi connectivity index (χ1) is 8.34. The van der Waals surface area contributed by atoms with E-state index in [4.69, 9.17) is 0 Å². The molecular formula is C15H25NO. The van der Waals surface area contributed by atoms with E-state index < -0.39 is 0 Å². The van der Waals surface area contributed by atoms with E-state index in [-0.39, 0.29) is 0 Å². The summed E-state index contributed by atoms with van der Waals surface area (Å²) in [4.78, 5) is 14.5. The number of likely N-dealkylation sites (tertiary alicyclic amines) is 1. The fraction of sp³-hybridized carbons (Fsp3) is 0.933. The van der Waals surface area contributed by atoms with Crippen molar-refractivity contribution in [2.45, 2.75) is 63.8 Å². The summed E-state index contributed by atoms with van der Waals surface area (Å²) in [6.45, 7) is 2.34. The molecule has 3 aliphatic rings. The van der Waals surface area contributed by atoms with Gasteiger partial charge >= 0.3 is 0 Å². The van der Waals surface area contributed by atoms with E-state index >= 15 is 0 Å². The van der Waals surface area contributed by atoms with Gasteiger partial charge in [0.05, 0.1) is 0 Å². The normalized spacial score (nSPS) is 39.3. The maximum atomic E-state index is 11.8. The van der Waals surface area contributed by atoms with Crippen LogP contribution < -0.4 is 0 Å². The highest BCUT2D eigenvalue weighted by Gasteiger charge is 2.35. The minimum Gasteiger partial charge on any atom is -0.299 e. The second-order valence-corrected chi connectivity index (χ2v) is 6.30. The van der Waals surface area contributed by atoms with Crippen molar-refractivity contribution in [2.24, 2.45) is 11.8 Å². The van der Waals surface area contributed by atoms with Gasteiger partial charge < -0.3 is 0 Å². The predicted molar refractivity (Wildman–Crippen MR) is 68.9 cm³/mol. The van der Waals surface area contributed by atoms with Crippen molar-refractivity contribution in [2.75, 3.05) is 13.1 Å². The van der Waals surface area contributed by atoms with Gasteiger partial charge in [-0.15, -0.1) is 0 Å². The molecule has 0 aromatic carbocycles. The van der Waals surface area contributed by atoms with E-state index in [2.05, 4.69) is 4.90 Å². The molecule has 0 radical (unpaired) electrons. The van der Waals surface area contributed by atoms with E-state index in [0.29, 0.717) is 11.7 Å². The maximum absolute atomic E-state index is 11.8. The molecule has 2 heteroatoms. The number of nitrogens with zero attached hydrogens (tertiary/aromatic N) is 1. The molecule has 3 atom stereocenters. The van der Waals surface area contributed by atoms with Crippen molar-refractivity contribution in [1.82, 2.24) is 4.90 Å². The molecule has 96 valence electrons. The standard InChI is InChI=1S/C15H25NO/c17-15-9-3-6-13(15)11-16-10-4-7-12-5-1-2-8-14(12)16/h12-14H,1-11H2/t12-,13?,14-/m1/s1. The predicted octanol–water partition coefficient (Wildman–Crippen LogP) is 3.01. The van der Waals surface area contributed by atoms with Crippen molar-refractivity contribution in [3.8, 4) is 0 Å². The Morgan fingerprint density at radius 2 is 1.82 bits per heavy atom. The lowest BCUT2D eigenvalue weighted by molar-refractivity contribution is -0.121. The van der Waals surface area contributed by atoms with Crippen LogP contribution in [0, 0.1) is 11.8 Å². The summed E-state index contributed by atoms with van der Waals surface area (Å²) in [5.41, 5.74) is 0. The van der Waals surface area contributed by atoms with Crippen LogP contribution in [-0.4, -0.2) is 29.8 Å². The first-order valence-electron chi connectivity index (χ1n) is 7.61. The van der Waals surface area contributed by atoms with Gasteiger partial charge in [-0.25, -0.2) is 0 Å². The summed E-state index contributed by atoms with van der Waals surface area (Å²) in [6.07, 6.45) is 11.7. The zero-order valence-corrected chi connectivity index (χ0v) is 10.9. The monoisotopic (exact) mass is 235 g/mol. The van der Waals surface area contributed by atoms with Crippen LogP contribution in [0.15, 0.2) is 0 Å². The number of fused-ring (bicyclic) bond motifs is 1. The van der Waals surface area contributed by atoms with E-state index in [1.165, 1.54) is 45.1 Å². The molecule has 0 spiro atoms. The van der Waals surface area contributed by atoms with Gasteiger partial charge in [-0.2, -0.15) is 0 Å². The van der Waals surface area contributed by atoms with Crippen LogP contribution in [0.2, 0.25) is 0 Å². The maximum Gasteiger partial charge on any atom is 0.137 e. The highest BCUT2D eigenvalue weighted by molar-refractivity contribution is 5.83. The van der Waals surface area contributed by atoms with E-state index in [1.54, 1.807) is 0 Å². The third-order valence-electron chi connectivity index (χ3n) is 5.24. The zero-order chi connectivity index (χ0) is 11.7. The van der Waals surface area contributed by atoms with Crippen molar-refractivity contribution in [1.29, 1.82) is 0 Å². The van der Waals surface area contributed by atoms with E-state index in [0.717, 1.165) is 37.8 Å². The Kier molecular flexibility index (Phi) is 3.51. The second-order valence-electron chi connectivity index (χ2n) is 6.30. The average Bonchev–Trinajstić information content (AvgIpc) is 2.76. The molecule has 1 aliphatic heterocycles. The first-order valence-corrected chi connectivity index (χ1v) is 7.61. The molecule has 17 heavy (non-hydrogen) atoms. The average molecular weight is 235 g/mol. The number of hydrogen-bond acceptors (Lipinski definition) is 2. The number of hydrogen-bond donors (Lipinski definition) is 0. The van der Waals surface area contributed by atoms with Crippen LogP contribution in [0.4, 0.5) is 0 Å². The molecule has 1 unspecified atom stereocenters. The molecule has 3 rings (SSSR count). The van der Waals surface area contributed by atoms with Crippen molar-refractivity contribution in [3.05, 3.63) is 0 Å².